The van der Waals surface area contributed by atoms with Gasteiger partial charge in [0.1, 0.15) is 5.65 Å². The van der Waals surface area contributed by atoms with Crippen molar-refractivity contribution in [3.05, 3.63) is 42.4 Å². The van der Waals surface area contributed by atoms with Crippen molar-refractivity contribution < 1.29 is 9.90 Å². The second kappa shape index (κ2) is 3.33. The van der Waals surface area contributed by atoms with Crippen LogP contribution in [0.25, 0.3) is 11.7 Å². The van der Waals surface area contributed by atoms with Gasteiger partial charge in [0.2, 0.25) is 0 Å². The average Bonchev–Trinajstić information content (AvgIpc) is 2.61. The number of aromatic nitrogens is 2. The summed E-state index contributed by atoms with van der Waals surface area (Å²) < 4.78 is 1.83. The maximum Gasteiger partial charge on any atom is 0.328 e. The highest BCUT2D eigenvalue weighted by atomic mass is 16.4. The van der Waals surface area contributed by atoms with Crippen LogP contribution < -0.4 is 0 Å². The summed E-state index contributed by atoms with van der Waals surface area (Å²) >= 11 is 0. The molecule has 0 fully saturated rings. The first kappa shape index (κ1) is 8.50. The van der Waals surface area contributed by atoms with Crippen LogP contribution in [0.4, 0.5) is 0 Å². The molecule has 14 heavy (non-hydrogen) atoms. The van der Waals surface area contributed by atoms with Crippen LogP contribution in [0.5, 0.6) is 0 Å². The highest BCUT2D eigenvalue weighted by molar-refractivity contribution is 5.85. The molecule has 0 aliphatic rings. The Hall–Kier alpha value is -2.10. The van der Waals surface area contributed by atoms with Gasteiger partial charge in [-0.05, 0) is 23.8 Å². The Bertz CT molecular complexity index is 500. The normalized spacial score (nSPS) is 11.1. The minimum atomic E-state index is -0.948. The molecule has 2 rings (SSSR count). The van der Waals surface area contributed by atoms with Gasteiger partial charge in [-0.1, -0.05) is 0 Å². The molecule has 0 aliphatic carbocycles. The topological polar surface area (TPSA) is 54.6 Å². The fourth-order valence-corrected chi connectivity index (χ4v) is 1.20. The number of imidazole rings is 1. The number of hydrogen-bond donors (Lipinski definition) is 1. The Balaban J connectivity index is 2.39. The van der Waals surface area contributed by atoms with Gasteiger partial charge in [-0.3, -0.25) is 0 Å². The molecular weight excluding hydrogens is 180 g/mol. The number of nitrogens with zero attached hydrogens (tertiary/aromatic N) is 2. The van der Waals surface area contributed by atoms with Crippen molar-refractivity contribution in [1.29, 1.82) is 0 Å². The van der Waals surface area contributed by atoms with E-state index in [-0.39, 0.29) is 0 Å². The summed E-state index contributed by atoms with van der Waals surface area (Å²) in [5.41, 5.74) is 1.68. The molecule has 1 N–H and O–H groups in total. The first-order valence-electron chi connectivity index (χ1n) is 4.09. The lowest BCUT2D eigenvalue weighted by atomic mass is 10.2. The molecule has 0 atom stereocenters. The first-order chi connectivity index (χ1) is 6.75. The van der Waals surface area contributed by atoms with Crippen LogP contribution in [0, 0.1) is 0 Å². The van der Waals surface area contributed by atoms with Crippen molar-refractivity contribution in [2.24, 2.45) is 0 Å². The molecule has 2 aromatic rings. The minimum Gasteiger partial charge on any atom is -0.478 e. The summed E-state index contributed by atoms with van der Waals surface area (Å²) in [4.78, 5) is 14.4. The molecule has 70 valence electrons. The lowest BCUT2D eigenvalue weighted by Crippen LogP contribution is -1.87. The Morgan fingerprint density at radius 3 is 3.14 bits per heavy atom. The second-order valence-electron chi connectivity index (χ2n) is 2.83. The zero-order chi connectivity index (χ0) is 9.97. The molecule has 0 saturated carbocycles. The molecular formula is C10H8N2O2. The number of carboxylic acids is 1. The maximum atomic E-state index is 10.3. The third kappa shape index (κ3) is 1.64. The maximum absolute atomic E-state index is 10.3. The quantitative estimate of drug-likeness (QED) is 0.725. The van der Waals surface area contributed by atoms with Gasteiger partial charge in [-0.2, -0.15) is 0 Å². The van der Waals surface area contributed by atoms with Crippen LogP contribution in [0.1, 0.15) is 5.56 Å². The largest absolute Gasteiger partial charge is 0.478 e. The SMILES string of the molecule is O=C(O)/C=C/c1ccc2nccn2c1. The highest BCUT2D eigenvalue weighted by Gasteiger charge is 1.94. The third-order valence-electron chi connectivity index (χ3n) is 1.83. The van der Waals surface area contributed by atoms with Gasteiger partial charge in [0.05, 0.1) is 0 Å². The first-order valence-corrected chi connectivity index (χ1v) is 4.09. The summed E-state index contributed by atoms with van der Waals surface area (Å²) in [6, 6.07) is 3.66. The zero-order valence-electron chi connectivity index (χ0n) is 7.29. The number of fused-ring (bicyclic) bond motifs is 1. The summed E-state index contributed by atoms with van der Waals surface area (Å²) in [5.74, 6) is -0.948. The number of pyridine rings is 1. The van der Waals surface area contributed by atoms with E-state index in [0.29, 0.717) is 0 Å². The minimum absolute atomic E-state index is 0.831. The number of carbonyl (C=O) groups is 1. The number of rotatable bonds is 2. The van der Waals surface area contributed by atoms with E-state index < -0.39 is 5.97 Å². The smallest absolute Gasteiger partial charge is 0.328 e. The molecule has 0 aliphatic heterocycles. The van der Waals surface area contributed by atoms with Crippen molar-refractivity contribution in [2.45, 2.75) is 0 Å². The van der Waals surface area contributed by atoms with Crippen LogP contribution in [0.2, 0.25) is 0 Å². The summed E-state index contributed by atoms with van der Waals surface area (Å²) in [5, 5.41) is 8.44. The van der Waals surface area contributed by atoms with Crippen molar-refractivity contribution in [3.63, 3.8) is 0 Å². The standard InChI is InChI=1S/C10H8N2O2/c13-10(14)4-2-8-1-3-9-11-5-6-12(9)7-8/h1-7H,(H,13,14)/b4-2+. The lowest BCUT2D eigenvalue weighted by Gasteiger charge is -1.95. The Kier molecular flexibility index (Phi) is 2.02. The molecule has 0 spiro atoms. The van der Waals surface area contributed by atoms with E-state index in [1.165, 1.54) is 0 Å². The summed E-state index contributed by atoms with van der Waals surface area (Å²) in [6.07, 6.45) is 7.98. The average molecular weight is 188 g/mol. The van der Waals surface area contributed by atoms with Crippen LogP contribution in [0.15, 0.2) is 36.8 Å². The van der Waals surface area contributed by atoms with Gasteiger partial charge < -0.3 is 9.51 Å². The van der Waals surface area contributed by atoms with Crippen molar-refractivity contribution in [3.8, 4) is 0 Å². The van der Waals surface area contributed by atoms with E-state index in [1.807, 2.05) is 28.9 Å². The number of aliphatic carboxylic acids is 1. The van der Waals surface area contributed by atoms with Crippen LogP contribution in [-0.4, -0.2) is 20.5 Å². The van der Waals surface area contributed by atoms with Gasteiger partial charge in [-0.25, -0.2) is 9.78 Å². The molecule has 0 aromatic carbocycles. The Morgan fingerprint density at radius 1 is 1.50 bits per heavy atom. The van der Waals surface area contributed by atoms with Crippen LogP contribution in [-0.2, 0) is 4.79 Å². The molecule has 0 amide bonds. The Morgan fingerprint density at radius 2 is 2.36 bits per heavy atom. The predicted octanol–water partition coefficient (Wildman–Crippen LogP) is 1.43. The van der Waals surface area contributed by atoms with Gasteiger partial charge in [0, 0.05) is 24.7 Å². The zero-order valence-corrected chi connectivity index (χ0v) is 7.29. The molecule has 4 heteroatoms. The summed E-state index contributed by atoms with van der Waals surface area (Å²) in [6.45, 7) is 0. The van der Waals surface area contributed by atoms with E-state index in [1.54, 1.807) is 12.3 Å². The van der Waals surface area contributed by atoms with E-state index in [4.69, 9.17) is 5.11 Å². The number of carboxylic acid groups (broad SMARTS) is 1. The van der Waals surface area contributed by atoms with Crippen molar-refractivity contribution in [2.75, 3.05) is 0 Å². The van der Waals surface area contributed by atoms with E-state index in [2.05, 4.69) is 4.98 Å². The molecule has 0 unspecified atom stereocenters. The monoisotopic (exact) mass is 188 g/mol. The van der Waals surface area contributed by atoms with Crippen LogP contribution >= 0.6 is 0 Å². The highest BCUT2D eigenvalue weighted by Crippen LogP contribution is 2.06. The van der Waals surface area contributed by atoms with Gasteiger partial charge in [0.25, 0.3) is 0 Å². The molecule has 2 aromatic heterocycles. The third-order valence-corrected chi connectivity index (χ3v) is 1.83. The summed E-state index contributed by atoms with van der Waals surface area (Å²) in [7, 11) is 0. The van der Waals surface area contributed by atoms with E-state index >= 15 is 0 Å². The predicted molar refractivity (Wildman–Crippen MR) is 51.9 cm³/mol. The van der Waals surface area contributed by atoms with Crippen LogP contribution in [0.3, 0.4) is 0 Å². The fraction of sp³-hybridized carbons (Fsp3) is 0. The molecule has 0 saturated heterocycles. The lowest BCUT2D eigenvalue weighted by molar-refractivity contribution is -0.131. The van der Waals surface area contributed by atoms with E-state index in [9.17, 15) is 4.79 Å². The van der Waals surface area contributed by atoms with Gasteiger partial charge >= 0.3 is 5.97 Å². The van der Waals surface area contributed by atoms with Gasteiger partial charge in [-0.15, -0.1) is 0 Å². The molecule has 2 heterocycles. The number of hydrogen-bond acceptors (Lipinski definition) is 2. The van der Waals surface area contributed by atoms with Crippen molar-refractivity contribution >= 4 is 17.7 Å². The molecule has 4 nitrogen and oxygen atoms in total. The second-order valence-corrected chi connectivity index (χ2v) is 2.83. The fourth-order valence-electron chi connectivity index (χ4n) is 1.20. The molecule has 0 radical (unpaired) electrons. The van der Waals surface area contributed by atoms with Gasteiger partial charge in [0.15, 0.2) is 0 Å². The Labute approximate surface area is 80.1 Å². The van der Waals surface area contributed by atoms with E-state index in [0.717, 1.165) is 17.3 Å². The molecule has 0 bridgehead atoms. The van der Waals surface area contributed by atoms with Crippen molar-refractivity contribution in [1.82, 2.24) is 9.38 Å².